The number of carbonyl (C=O) groups is 1. The van der Waals surface area contributed by atoms with Gasteiger partial charge in [0.15, 0.2) is 0 Å². The van der Waals surface area contributed by atoms with Gasteiger partial charge in [0.25, 0.3) is 5.91 Å². The van der Waals surface area contributed by atoms with E-state index in [2.05, 4.69) is 22.4 Å². The van der Waals surface area contributed by atoms with Crippen molar-refractivity contribution in [3.8, 4) is 0 Å². The van der Waals surface area contributed by atoms with E-state index in [9.17, 15) is 4.79 Å². The van der Waals surface area contributed by atoms with Gasteiger partial charge in [0.2, 0.25) is 0 Å². The highest BCUT2D eigenvalue weighted by Gasteiger charge is 2.28. The van der Waals surface area contributed by atoms with Gasteiger partial charge in [-0.2, -0.15) is 0 Å². The Balaban J connectivity index is 1.78. The topological polar surface area (TPSA) is 42.0 Å². The molecule has 0 spiro atoms. The summed E-state index contributed by atoms with van der Waals surface area (Å²) in [6, 6.07) is 11.4. The van der Waals surface area contributed by atoms with Gasteiger partial charge in [0, 0.05) is 23.2 Å². The molecule has 1 N–H and O–H groups in total. The molecular formula is C18H18Cl2N2O. The third-order valence-electron chi connectivity index (χ3n) is 4.38. The summed E-state index contributed by atoms with van der Waals surface area (Å²) < 4.78 is 0. The summed E-state index contributed by atoms with van der Waals surface area (Å²) >= 11 is 12.0. The SMILES string of the molecule is O=C(N[C@@H]1CCCC[C@H]1c1ccc(Cl)cc1)c1cccnc1Cl. The van der Waals surface area contributed by atoms with Crippen LogP contribution in [-0.4, -0.2) is 16.9 Å². The Morgan fingerprint density at radius 2 is 1.83 bits per heavy atom. The van der Waals surface area contributed by atoms with Gasteiger partial charge in [-0.3, -0.25) is 4.79 Å². The van der Waals surface area contributed by atoms with Crippen molar-refractivity contribution in [1.29, 1.82) is 0 Å². The van der Waals surface area contributed by atoms with Crippen molar-refractivity contribution in [2.75, 3.05) is 0 Å². The molecule has 1 aliphatic carbocycles. The highest BCUT2D eigenvalue weighted by atomic mass is 35.5. The van der Waals surface area contributed by atoms with E-state index in [1.54, 1.807) is 18.3 Å². The third-order valence-corrected chi connectivity index (χ3v) is 4.94. The molecule has 3 nitrogen and oxygen atoms in total. The highest BCUT2D eigenvalue weighted by molar-refractivity contribution is 6.32. The van der Waals surface area contributed by atoms with Crippen LogP contribution < -0.4 is 5.32 Å². The molecule has 1 amide bonds. The fourth-order valence-corrected chi connectivity index (χ4v) is 3.55. The van der Waals surface area contributed by atoms with Crippen LogP contribution in [0.2, 0.25) is 10.2 Å². The smallest absolute Gasteiger partial charge is 0.254 e. The van der Waals surface area contributed by atoms with E-state index in [0.717, 1.165) is 24.3 Å². The first-order chi connectivity index (χ1) is 11.1. The van der Waals surface area contributed by atoms with Crippen LogP contribution in [0.4, 0.5) is 0 Å². The Bertz CT molecular complexity index is 688. The number of hydrogen-bond acceptors (Lipinski definition) is 2. The van der Waals surface area contributed by atoms with Crippen LogP contribution >= 0.6 is 23.2 Å². The maximum absolute atomic E-state index is 12.5. The minimum Gasteiger partial charge on any atom is -0.349 e. The average molecular weight is 349 g/mol. The van der Waals surface area contributed by atoms with Crippen LogP contribution in [0.15, 0.2) is 42.6 Å². The molecule has 1 fully saturated rings. The van der Waals surface area contributed by atoms with Crippen molar-refractivity contribution in [1.82, 2.24) is 10.3 Å². The predicted molar refractivity (Wildman–Crippen MR) is 93.2 cm³/mol. The van der Waals surface area contributed by atoms with Crippen molar-refractivity contribution in [2.45, 2.75) is 37.6 Å². The predicted octanol–water partition coefficient (Wildman–Crippen LogP) is 4.84. The summed E-state index contributed by atoms with van der Waals surface area (Å²) in [5.41, 5.74) is 1.64. The lowest BCUT2D eigenvalue weighted by Crippen LogP contribution is -2.41. The lowest BCUT2D eigenvalue weighted by atomic mass is 9.80. The first-order valence-corrected chi connectivity index (χ1v) is 8.57. The lowest BCUT2D eigenvalue weighted by molar-refractivity contribution is 0.0920. The molecular weight excluding hydrogens is 331 g/mol. The zero-order valence-corrected chi connectivity index (χ0v) is 14.1. The molecule has 120 valence electrons. The van der Waals surface area contributed by atoms with Gasteiger partial charge in [-0.05, 0) is 42.7 Å². The van der Waals surface area contributed by atoms with Crippen molar-refractivity contribution in [2.24, 2.45) is 0 Å². The van der Waals surface area contributed by atoms with Crippen LogP contribution in [0.3, 0.4) is 0 Å². The van der Waals surface area contributed by atoms with Gasteiger partial charge >= 0.3 is 0 Å². The number of rotatable bonds is 3. The Morgan fingerprint density at radius 1 is 1.09 bits per heavy atom. The lowest BCUT2D eigenvalue weighted by Gasteiger charge is -2.32. The van der Waals surface area contributed by atoms with Crippen LogP contribution in [0.5, 0.6) is 0 Å². The normalized spacial score (nSPS) is 21.0. The van der Waals surface area contributed by atoms with Gasteiger partial charge in [-0.1, -0.05) is 48.2 Å². The van der Waals surface area contributed by atoms with Gasteiger partial charge in [0.05, 0.1) is 5.56 Å². The second-order valence-corrected chi connectivity index (χ2v) is 6.66. The number of hydrogen-bond donors (Lipinski definition) is 1. The standard InChI is InChI=1S/C18H18Cl2N2O/c19-13-9-7-12(8-10-13)14-4-1-2-6-16(14)22-18(23)15-5-3-11-21-17(15)20/h3,5,7-11,14,16H,1-2,4,6H2,(H,22,23)/t14-,16+/m0/s1. The number of halogens is 2. The largest absolute Gasteiger partial charge is 0.349 e. The van der Waals surface area contributed by atoms with Crippen LogP contribution in [-0.2, 0) is 0 Å². The molecule has 0 aliphatic heterocycles. The maximum atomic E-state index is 12.5. The molecule has 2 aromatic rings. The molecule has 0 saturated heterocycles. The molecule has 23 heavy (non-hydrogen) atoms. The summed E-state index contributed by atoms with van der Waals surface area (Å²) in [7, 11) is 0. The van der Waals surface area contributed by atoms with E-state index in [-0.39, 0.29) is 17.1 Å². The zero-order chi connectivity index (χ0) is 16.2. The van der Waals surface area contributed by atoms with E-state index in [1.165, 1.54) is 12.0 Å². The van der Waals surface area contributed by atoms with E-state index in [0.29, 0.717) is 11.5 Å². The fraction of sp³-hybridized carbons (Fsp3) is 0.333. The molecule has 1 aromatic carbocycles. The Morgan fingerprint density at radius 3 is 2.57 bits per heavy atom. The summed E-state index contributed by atoms with van der Waals surface area (Å²) in [6.45, 7) is 0. The monoisotopic (exact) mass is 348 g/mol. The summed E-state index contributed by atoms with van der Waals surface area (Å²) in [4.78, 5) is 16.5. The molecule has 2 atom stereocenters. The van der Waals surface area contributed by atoms with Crippen molar-refractivity contribution in [3.05, 3.63) is 63.9 Å². The minimum absolute atomic E-state index is 0.105. The van der Waals surface area contributed by atoms with E-state index in [1.807, 2.05) is 12.1 Å². The van der Waals surface area contributed by atoms with Gasteiger partial charge < -0.3 is 5.32 Å². The molecule has 5 heteroatoms. The fourth-order valence-electron chi connectivity index (χ4n) is 3.21. The molecule has 0 bridgehead atoms. The molecule has 0 unspecified atom stereocenters. The van der Waals surface area contributed by atoms with Crippen molar-refractivity contribution < 1.29 is 4.79 Å². The van der Waals surface area contributed by atoms with Crippen molar-refractivity contribution in [3.63, 3.8) is 0 Å². The van der Waals surface area contributed by atoms with Gasteiger partial charge in [-0.15, -0.1) is 0 Å². The zero-order valence-electron chi connectivity index (χ0n) is 12.6. The third kappa shape index (κ3) is 3.85. The van der Waals surface area contributed by atoms with E-state index in [4.69, 9.17) is 23.2 Å². The van der Waals surface area contributed by atoms with Crippen LogP contribution in [0.25, 0.3) is 0 Å². The number of pyridine rings is 1. The molecule has 1 heterocycles. The quantitative estimate of drug-likeness (QED) is 0.806. The Labute approximate surface area is 146 Å². The molecule has 0 radical (unpaired) electrons. The second kappa shape index (κ2) is 7.33. The van der Waals surface area contributed by atoms with Crippen molar-refractivity contribution >= 4 is 29.1 Å². The number of nitrogens with zero attached hydrogens (tertiary/aromatic N) is 1. The number of benzene rings is 1. The summed E-state index contributed by atoms with van der Waals surface area (Å²) in [6.07, 6.45) is 5.91. The first kappa shape index (κ1) is 16.3. The number of carbonyl (C=O) groups excluding carboxylic acids is 1. The van der Waals surface area contributed by atoms with Gasteiger partial charge in [0.1, 0.15) is 5.15 Å². The summed E-state index contributed by atoms with van der Waals surface area (Å²) in [5, 5.41) is 4.11. The minimum atomic E-state index is -0.158. The summed E-state index contributed by atoms with van der Waals surface area (Å²) in [5.74, 6) is 0.148. The number of amides is 1. The number of aromatic nitrogens is 1. The molecule has 1 aromatic heterocycles. The first-order valence-electron chi connectivity index (χ1n) is 7.82. The van der Waals surface area contributed by atoms with Gasteiger partial charge in [-0.25, -0.2) is 4.98 Å². The molecule has 3 rings (SSSR count). The Kier molecular flexibility index (Phi) is 5.19. The molecule has 1 saturated carbocycles. The molecule has 1 aliphatic rings. The maximum Gasteiger partial charge on any atom is 0.254 e. The average Bonchev–Trinajstić information content (AvgIpc) is 2.56. The second-order valence-electron chi connectivity index (χ2n) is 5.86. The van der Waals surface area contributed by atoms with E-state index < -0.39 is 0 Å². The van der Waals surface area contributed by atoms with Crippen LogP contribution in [0, 0.1) is 0 Å². The van der Waals surface area contributed by atoms with E-state index >= 15 is 0 Å². The number of nitrogens with one attached hydrogen (secondary N) is 1. The van der Waals surface area contributed by atoms with Crippen LogP contribution in [0.1, 0.15) is 47.5 Å². The Hall–Kier alpha value is -1.58. The highest BCUT2D eigenvalue weighted by Crippen LogP contribution is 2.34.